The number of fused-ring (bicyclic) bond motifs is 19. The minimum atomic E-state index is -0.706. The van der Waals surface area contributed by atoms with Crippen LogP contribution in [0.4, 0.5) is 17.1 Å². The first kappa shape index (κ1) is 49.2. The highest BCUT2D eigenvalue weighted by molar-refractivity contribution is 6.00. The summed E-state index contributed by atoms with van der Waals surface area (Å²) < 4.78 is 14.4. The Morgan fingerprint density at radius 3 is 1.03 bits per heavy atom. The van der Waals surface area contributed by atoms with Crippen LogP contribution in [0.2, 0.25) is 0 Å². The van der Waals surface area contributed by atoms with Gasteiger partial charge in [0.1, 0.15) is 23.0 Å². The number of hydrogen-bond donors (Lipinski definition) is 0. The first-order chi connectivity index (χ1) is 37.7. The molecule has 0 aromatic heterocycles. The van der Waals surface area contributed by atoms with E-state index in [4.69, 9.17) is 9.47 Å². The predicted molar refractivity (Wildman–Crippen MR) is 328 cm³/mol. The summed E-state index contributed by atoms with van der Waals surface area (Å²) in [5, 5.41) is 2.34. The van der Waals surface area contributed by atoms with Crippen molar-refractivity contribution in [3.8, 4) is 45.3 Å². The second-order valence-corrected chi connectivity index (χ2v) is 26.9. The molecule has 2 aliphatic heterocycles. The van der Waals surface area contributed by atoms with Gasteiger partial charge in [0.25, 0.3) is 0 Å². The number of benzene rings is 10. The maximum Gasteiger partial charge on any atom is 0.132 e. The lowest BCUT2D eigenvalue weighted by Crippen LogP contribution is -2.33. The quantitative estimate of drug-likeness (QED) is 0.176. The predicted octanol–water partition coefficient (Wildman–Crippen LogP) is 20.4. The fourth-order valence-corrected chi connectivity index (χ4v) is 13.8. The van der Waals surface area contributed by atoms with E-state index < -0.39 is 10.8 Å². The van der Waals surface area contributed by atoms with E-state index in [0.717, 1.165) is 67.7 Å². The molecule has 0 unspecified atom stereocenters. The Morgan fingerprint density at radius 2 is 0.633 bits per heavy atom. The van der Waals surface area contributed by atoms with Gasteiger partial charge in [-0.1, -0.05) is 229 Å². The summed E-state index contributed by atoms with van der Waals surface area (Å²) in [7, 11) is 0. The zero-order chi connectivity index (χ0) is 54.8. The van der Waals surface area contributed by atoms with E-state index in [-0.39, 0.29) is 21.7 Å². The summed E-state index contributed by atoms with van der Waals surface area (Å²) in [6.07, 6.45) is 0. The molecule has 0 fully saturated rings. The van der Waals surface area contributed by atoms with Gasteiger partial charge in [0.2, 0.25) is 0 Å². The van der Waals surface area contributed by atoms with Crippen LogP contribution >= 0.6 is 0 Å². The Labute approximate surface area is 467 Å². The van der Waals surface area contributed by atoms with Crippen LogP contribution in [0.15, 0.2) is 200 Å². The van der Waals surface area contributed by atoms with Crippen molar-refractivity contribution in [3.05, 3.63) is 267 Å². The Balaban J connectivity index is 1.08. The number of ether oxygens (including phenoxy) is 2. The van der Waals surface area contributed by atoms with Gasteiger partial charge in [-0.25, -0.2) is 0 Å². The molecule has 10 aromatic carbocycles. The third-order valence-corrected chi connectivity index (χ3v) is 18.0. The van der Waals surface area contributed by atoms with E-state index in [2.05, 4.69) is 288 Å². The smallest absolute Gasteiger partial charge is 0.132 e. The highest BCUT2D eigenvalue weighted by Crippen LogP contribution is 2.66. The van der Waals surface area contributed by atoms with E-state index in [9.17, 15) is 0 Å². The van der Waals surface area contributed by atoms with Crippen LogP contribution in [0.3, 0.4) is 0 Å². The summed E-state index contributed by atoms with van der Waals surface area (Å²) in [5.74, 6) is 3.49. The van der Waals surface area contributed by atoms with Gasteiger partial charge in [0, 0.05) is 39.0 Å². The lowest BCUT2D eigenvalue weighted by molar-refractivity contribution is 0.436. The van der Waals surface area contributed by atoms with Gasteiger partial charge in [-0.15, -0.1) is 0 Å². The first-order valence-electron chi connectivity index (χ1n) is 28.4. The minimum absolute atomic E-state index is 0.0842. The molecule has 0 N–H and O–H groups in total. The Morgan fingerprint density at radius 1 is 0.291 bits per heavy atom. The number of para-hydroxylation sites is 2. The van der Waals surface area contributed by atoms with Gasteiger partial charge < -0.3 is 14.4 Å². The maximum absolute atomic E-state index is 7.18. The van der Waals surface area contributed by atoms with Crippen LogP contribution in [-0.4, -0.2) is 0 Å². The molecule has 0 saturated carbocycles. The van der Waals surface area contributed by atoms with Crippen molar-refractivity contribution in [2.75, 3.05) is 4.90 Å². The second kappa shape index (κ2) is 16.7. The van der Waals surface area contributed by atoms with Crippen molar-refractivity contribution in [2.24, 2.45) is 0 Å². The van der Waals surface area contributed by atoms with Gasteiger partial charge in [-0.05, 0) is 148 Å². The number of anilines is 3. The van der Waals surface area contributed by atoms with E-state index in [1.807, 2.05) is 0 Å². The Bertz CT molecular complexity index is 3840. The van der Waals surface area contributed by atoms with Gasteiger partial charge in [0.15, 0.2) is 0 Å². The van der Waals surface area contributed by atoms with Crippen molar-refractivity contribution >= 4 is 27.8 Å². The van der Waals surface area contributed by atoms with E-state index in [1.54, 1.807) is 0 Å². The summed E-state index contributed by atoms with van der Waals surface area (Å²) in [4.78, 5) is 2.51. The van der Waals surface area contributed by atoms with Crippen molar-refractivity contribution in [2.45, 2.75) is 116 Å². The van der Waals surface area contributed by atoms with Gasteiger partial charge in [0.05, 0.1) is 16.5 Å². The highest BCUT2D eigenvalue weighted by Gasteiger charge is 2.54. The molecular weight excluding hydrogens is 959 g/mol. The molecule has 0 saturated heterocycles. The molecule has 0 bridgehead atoms. The largest absolute Gasteiger partial charge is 0.457 e. The number of hydrogen-bond acceptors (Lipinski definition) is 3. The minimum Gasteiger partial charge on any atom is -0.457 e. The highest BCUT2D eigenvalue weighted by atomic mass is 16.5. The monoisotopic (exact) mass is 1030 g/mol. The van der Waals surface area contributed by atoms with E-state index in [0.29, 0.717) is 0 Å². The normalized spacial score (nSPS) is 15.0. The van der Waals surface area contributed by atoms with Crippen LogP contribution in [0.25, 0.3) is 33.0 Å². The molecular formula is C76H69NO2. The molecule has 0 amide bonds. The lowest BCUT2D eigenvalue weighted by atomic mass is 9.64. The average molecular weight is 1030 g/mol. The average Bonchev–Trinajstić information content (AvgIpc) is 2.35. The molecule has 0 radical (unpaired) electrons. The Kier molecular flexibility index (Phi) is 10.4. The van der Waals surface area contributed by atoms with E-state index in [1.165, 1.54) is 72.1 Å². The summed E-state index contributed by atoms with van der Waals surface area (Å²) in [5.41, 5.74) is 21.4. The molecule has 2 heterocycles. The summed E-state index contributed by atoms with van der Waals surface area (Å²) >= 11 is 0. The lowest BCUT2D eigenvalue weighted by Gasteiger charge is -2.42. The molecule has 14 rings (SSSR count). The molecule has 79 heavy (non-hydrogen) atoms. The van der Waals surface area contributed by atoms with Gasteiger partial charge >= 0.3 is 0 Å². The molecule has 390 valence electrons. The van der Waals surface area contributed by atoms with E-state index >= 15 is 0 Å². The van der Waals surface area contributed by atoms with Crippen molar-refractivity contribution in [1.29, 1.82) is 0 Å². The SMILES string of the molecule is CC(C)(C)c1ccc2c(c1)C1(c3ccccc3Oc3ccc(N(c4ccc5c(c4)C4(c6ccccc6O5)c5cc(C(C)(C)C)ccc5-c5ccc(C(C)(C)C)cc54)c4cccc5ccccc45)cc31)c1cc(C(C)(C)C)ccc1-2. The third kappa shape index (κ3) is 7.10. The van der Waals surface area contributed by atoms with Crippen LogP contribution in [-0.2, 0) is 32.5 Å². The number of nitrogens with zero attached hydrogens (tertiary/aromatic N) is 1. The standard InChI is InChI=1S/C76H69NO2/c1-71(2,3)47-28-34-54-55-35-29-48(72(4,5)6)41-61(55)75(60(54)40-47)58-23-15-17-26-67(58)78-69-38-32-51(44-64(69)75)77(66-25-19-21-46-20-13-14-22-53(46)66)52-33-39-70-65(45-52)76(59-24-16-18-27-68(59)79-70)62-42-49(73(7,8)9)30-36-56(62)57-37-31-50(43-63(57)76)74(10,11)12/h13-45H,1-12H3. The van der Waals surface area contributed by atoms with Gasteiger partial charge in [-0.3, -0.25) is 0 Å². The van der Waals surface area contributed by atoms with Crippen molar-refractivity contribution in [1.82, 2.24) is 0 Å². The second-order valence-electron chi connectivity index (χ2n) is 26.9. The van der Waals surface area contributed by atoms with Crippen molar-refractivity contribution < 1.29 is 9.47 Å². The zero-order valence-corrected chi connectivity index (χ0v) is 47.8. The van der Waals surface area contributed by atoms with Crippen LogP contribution in [0, 0.1) is 0 Å². The molecule has 2 aliphatic carbocycles. The van der Waals surface area contributed by atoms with Crippen LogP contribution in [0.5, 0.6) is 23.0 Å². The first-order valence-corrected chi connectivity index (χ1v) is 28.4. The number of rotatable bonds is 3. The van der Waals surface area contributed by atoms with Crippen LogP contribution in [0.1, 0.15) is 150 Å². The fraction of sp³-hybridized carbons (Fsp3) is 0.237. The maximum atomic E-state index is 7.18. The van der Waals surface area contributed by atoms with Gasteiger partial charge in [-0.2, -0.15) is 0 Å². The molecule has 4 aliphatic rings. The summed E-state index contributed by atoms with van der Waals surface area (Å²) in [6.45, 7) is 27.9. The fourth-order valence-electron chi connectivity index (χ4n) is 13.8. The molecule has 2 spiro atoms. The molecule has 3 nitrogen and oxygen atoms in total. The van der Waals surface area contributed by atoms with Crippen molar-refractivity contribution in [3.63, 3.8) is 0 Å². The zero-order valence-electron chi connectivity index (χ0n) is 47.8. The third-order valence-electron chi connectivity index (χ3n) is 18.0. The molecule has 0 atom stereocenters. The summed E-state index contributed by atoms with van der Waals surface area (Å²) in [6, 6.07) is 76.1. The molecule has 3 heteroatoms. The van der Waals surface area contributed by atoms with Crippen LogP contribution < -0.4 is 14.4 Å². The molecule has 10 aromatic rings. The topological polar surface area (TPSA) is 21.7 Å². The Hall–Kier alpha value is -8.14.